The second-order valence-electron chi connectivity index (χ2n) is 6.95. The van der Waals surface area contributed by atoms with E-state index >= 15 is 0 Å². The zero-order valence-corrected chi connectivity index (χ0v) is 17.4. The lowest BCUT2D eigenvalue weighted by atomic mass is 10.2. The molecule has 1 aliphatic rings. The fourth-order valence-electron chi connectivity index (χ4n) is 3.42. The van der Waals surface area contributed by atoms with Gasteiger partial charge in [0.1, 0.15) is 10.6 Å². The van der Waals surface area contributed by atoms with Crippen molar-refractivity contribution in [3.05, 3.63) is 58.1 Å². The van der Waals surface area contributed by atoms with Gasteiger partial charge < -0.3 is 9.64 Å². The number of nitro groups is 1. The van der Waals surface area contributed by atoms with Gasteiger partial charge in [-0.15, -0.1) is 0 Å². The van der Waals surface area contributed by atoms with Crippen molar-refractivity contribution in [1.82, 2.24) is 4.31 Å². The van der Waals surface area contributed by atoms with E-state index in [2.05, 4.69) is 0 Å². The van der Waals surface area contributed by atoms with Crippen LogP contribution in [0.25, 0.3) is 0 Å². The molecule has 0 aliphatic carbocycles. The van der Waals surface area contributed by atoms with Gasteiger partial charge in [0.15, 0.2) is 0 Å². The van der Waals surface area contributed by atoms with Crippen LogP contribution in [0.3, 0.4) is 0 Å². The number of benzene rings is 2. The maximum Gasteiger partial charge on any atom is 0.270 e. The Hall–Kier alpha value is -2.65. The van der Waals surface area contributed by atoms with Gasteiger partial charge in [0.25, 0.3) is 5.69 Å². The second-order valence-corrected chi connectivity index (χ2v) is 8.86. The van der Waals surface area contributed by atoms with E-state index in [1.807, 2.05) is 31.2 Å². The third kappa shape index (κ3) is 4.68. The van der Waals surface area contributed by atoms with Crippen molar-refractivity contribution in [1.29, 1.82) is 0 Å². The van der Waals surface area contributed by atoms with Gasteiger partial charge in [0.05, 0.1) is 17.2 Å². The van der Waals surface area contributed by atoms with E-state index in [4.69, 9.17) is 4.74 Å². The monoisotopic (exact) mass is 419 g/mol. The van der Waals surface area contributed by atoms with Crippen molar-refractivity contribution >= 4 is 21.4 Å². The van der Waals surface area contributed by atoms with Crippen LogP contribution in [0.15, 0.2) is 47.4 Å². The fraction of sp³-hybridized carbons (Fsp3) is 0.400. The van der Waals surface area contributed by atoms with Crippen LogP contribution in [0, 0.1) is 10.1 Å². The first-order valence-electron chi connectivity index (χ1n) is 9.54. The van der Waals surface area contributed by atoms with Crippen molar-refractivity contribution in [2.45, 2.75) is 31.2 Å². The predicted octanol–water partition coefficient (Wildman–Crippen LogP) is 3.41. The Kier molecular flexibility index (Phi) is 6.39. The van der Waals surface area contributed by atoms with E-state index < -0.39 is 14.9 Å². The molecule has 1 fully saturated rings. The molecular weight excluding hydrogens is 394 g/mol. The van der Waals surface area contributed by atoms with Crippen LogP contribution < -0.4 is 9.64 Å². The summed E-state index contributed by atoms with van der Waals surface area (Å²) in [5, 5.41) is 11.2. The molecule has 0 saturated carbocycles. The topological polar surface area (TPSA) is 93.0 Å². The molecule has 0 amide bonds. The Labute approximate surface area is 170 Å². The van der Waals surface area contributed by atoms with Crippen molar-refractivity contribution in [3.63, 3.8) is 0 Å². The molecule has 2 aromatic rings. The average Bonchev–Trinajstić information content (AvgIpc) is 3.25. The Morgan fingerprint density at radius 2 is 1.79 bits per heavy atom. The number of sulfonamides is 1. The minimum Gasteiger partial charge on any atom is -0.494 e. The second kappa shape index (κ2) is 8.79. The highest BCUT2D eigenvalue weighted by molar-refractivity contribution is 7.89. The van der Waals surface area contributed by atoms with Gasteiger partial charge in [-0.1, -0.05) is 12.1 Å². The molecule has 3 rings (SSSR count). The van der Waals surface area contributed by atoms with E-state index in [0.717, 1.165) is 30.2 Å². The number of rotatable bonds is 8. The summed E-state index contributed by atoms with van der Waals surface area (Å²) < 4.78 is 33.2. The van der Waals surface area contributed by atoms with Crippen LogP contribution in [0.2, 0.25) is 0 Å². The summed E-state index contributed by atoms with van der Waals surface area (Å²) in [7, 11) is -2.03. The zero-order chi connectivity index (χ0) is 21.0. The molecule has 0 bridgehead atoms. The Morgan fingerprint density at radius 3 is 2.38 bits per heavy atom. The number of nitro benzene ring substituents is 1. The molecule has 0 aromatic heterocycles. The van der Waals surface area contributed by atoms with E-state index in [-0.39, 0.29) is 10.6 Å². The first kappa shape index (κ1) is 21.1. The number of ether oxygens (including phenoxy) is 1. The van der Waals surface area contributed by atoms with E-state index in [1.54, 1.807) is 11.9 Å². The number of hydrogen-bond donors (Lipinski definition) is 0. The van der Waals surface area contributed by atoms with Crippen molar-refractivity contribution in [2.24, 2.45) is 0 Å². The molecule has 8 nitrogen and oxygen atoms in total. The number of nitrogens with zero attached hydrogens (tertiary/aromatic N) is 3. The number of anilines is 1. The van der Waals surface area contributed by atoms with E-state index in [0.29, 0.717) is 31.9 Å². The number of hydrogen-bond acceptors (Lipinski definition) is 6. The normalized spacial score (nSPS) is 14.7. The number of non-ortho nitro benzene ring substituents is 1. The lowest BCUT2D eigenvalue weighted by molar-refractivity contribution is -0.385. The van der Waals surface area contributed by atoms with Gasteiger partial charge in [0.2, 0.25) is 10.0 Å². The maximum absolute atomic E-state index is 13.2. The Morgan fingerprint density at radius 1 is 1.14 bits per heavy atom. The summed E-state index contributed by atoms with van der Waals surface area (Å²) in [5.74, 6) is 0.770. The summed E-state index contributed by atoms with van der Waals surface area (Å²) in [4.78, 5) is 12.4. The summed E-state index contributed by atoms with van der Waals surface area (Å²) >= 11 is 0. The summed E-state index contributed by atoms with van der Waals surface area (Å²) in [5.41, 5.74) is 1.18. The summed E-state index contributed by atoms with van der Waals surface area (Å²) in [6, 6.07) is 11.6. The van der Waals surface area contributed by atoms with Gasteiger partial charge in [-0.3, -0.25) is 10.1 Å². The van der Waals surface area contributed by atoms with E-state index in [9.17, 15) is 18.5 Å². The molecule has 1 saturated heterocycles. The minimum absolute atomic E-state index is 0.0259. The third-order valence-corrected chi connectivity index (χ3v) is 6.83. The molecule has 0 radical (unpaired) electrons. The highest BCUT2D eigenvalue weighted by atomic mass is 32.2. The van der Waals surface area contributed by atoms with Crippen molar-refractivity contribution < 1.29 is 18.1 Å². The quantitative estimate of drug-likeness (QED) is 0.481. The molecule has 29 heavy (non-hydrogen) atoms. The van der Waals surface area contributed by atoms with Crippen LogP contribution >= 0.6 is 0 Å². The molecule has 1 heterocycles. The van der Waals surface area contributed by atoms with Gasteiger partial charge in [0, 0.05) is 38.8 Å². The van der Waals surface area contributed by atoms with Gasteiger partial charge in [-0.25, -0.2) is 8.42 Å². The molecule has 9 heteroatoms. The fourth-order valence-corrected chi connectivity index (χ4v) is 5.20. The Bertz CT molecular complexity index is 970. The first-order chi connectivity index (χ1) is 13.8. The standard InChI is InChI=1S/C20H25N3O5S/c1-3-28-18-9-6-16(7-10-18)15-21(2)19-11-8-17(23(24)25)14-20(19)29(26,27)22-12-4-5-13-22/h6-11,14H,3-5,12-13,15H2,1-2H3. The third-order valence-electron chi connectivity index (χ3n) is 4.90. The van der Waals surface area contributed by atoms with Gasteiger partial charge in [-0.2, -0.15) is 4.31 Å². The Balaban J connectivity index is 1.93. The maximum atomic E-state index is 13.2. The largest absolute Gasteiger partial charge is 0.494 e. The van der Waals surface area contributed by atoms with Crippen molar-refractivity contribution in [3.8, 4) is 5.75 Å². The highest BCUT2D eigenvalue weighted by Gasteiger charge is 2.31. The molecule has 2 aromatic carbocycles. The molecule has 1 aliphatic heterocycles. The molecule has 0 atom stereocenters. The molecule has 0 spiro atoms. The molecule has 0 unspecified atom stereocenters. The molecule has 0 N–H and O–H groups in total. The zero-order valence-electron chi connectivity index (χ0n) is 16.6. The predicted molar refractivity (Wildman–Crippen MR) is 111 cm³/mol. The lowest BCUT2D eigenvalue weighted by Gasteiger charge is -2.24. The summed E-state index contributed by atoms with van der Waals surface area (Å²) in [6.45, 7) is 3.82. The van der Waals surface area contributed by atoms with Gasteiger partial charge in [-0.05, 0) is 43.5 Å². The molecular formula is C20H25N3O5S. The smallest absolute Gasteiger partial charge is 0.270 e. The van der Waals surface area contributed by atoms with Crippen LogP contribution in [0.1, 0.15) is 25.3 Å². The van der Waals surface area contributed by atoms with Crippen LogP contribution in [0.5, 0.6) is 5.75 Å². The summed E-state index contributed by atoms with van der Waals surface area (Å²) in [6.07, 6.45) is 1.59. The minimum atomic E-state index is -3.81. The SMILES string of the molecule is CCOc1ccc(CN(C)c2ccc([N+](=O)[O-])cc2S(=O)(=O)N2CCCC2)cc1. The van der Waals surface area contributed by atoms with Gasteiger partial charge >= 0.3 is 0 Å². The van der Waals surface area contributed by atoms with Crippen LogP contribution in [0.4, 0.5) is 11.4 Å². The lowest BCUT2D eigenvalue weighted by Crippen LogP contribution is -2.30. The van der Waals surface area contributed by atoms with E-state index in [1.165, 1.54) is 16.4 Å². The highest BCUT2D eigenvalue weighted by Crippen LogP contribution is 2.33. The van der Waals surface area contributed by atoms with Crippen molar-refractivity contribution in [2.75, 3.05) is 31.6 Å². The first-order valence-corrected chi connectivity index (χ1v) is 11.0. The van der Waals surface area contributed by atoms with Crippen LogP contribution in [-0.2, 0) is 16.6 Å². The molecule has 156 valence electrons. The van der Waals surface area contributed by atoms with Crippen LogP contribution in [-0.4, -0.2) is 44.4 Å². The average molecular weight is 420 g/mol.